The van der Waals surface area contributed by atoms with Gasteiger partial charge < -0.3 is 5.11 Å². The van der Waals surface area contributed by atoms with Crippen molar-refractivity contribution in [1.29, 1.82) is 0 Å². The first-order valence-corrected chi connectivity index (χ1v) is 9.89. The number of hydrogen-bond donors (Lipinski definition) is 1. The van der Waals surface area contributed by atoms with E-state index in [0.717, 1.165) is 11.3 Å². The molecule has 146 valence electrons. The van der Waals surface area contributed by atoms with Crippen molar-refractivity contribution >= 4 is 40.3 Å². The number of carboxylic acids is 1. The van der Waals surface area contributed by atoms with E-state index >= 15 is 0 Å². The van der Waals surface area contributed by atoms with Crippen LogP contribution < -0.4 is 0 Å². The zero-order valence-electron chi connectivity index (χ0n) is 15.1. The molecule has 0 bridgehead atoms. The smallest absolute Gasteiger partial charge is 0.337 e. The summed E-state index contributed by atoms with van der Waals surface area (Å²) < 4.78 is 16.0. The standard InChI is InChI=1S/C21H14ClFN2O3S/c1-11-3-2-4-17-24-19(20(23)25(11)17)15(26)9-16-18(21(27)28)14(10-29-16)12-5-7-13(22)8-6-12/h2-8,10H,9H2,1H3,(H,27,28). The van der Waals surface area contributed by atoms with Crippen LogP contribution in [0.2, 0.25) is 5.02 Å². The van der Waals surface area contributed by atoms with Gasteiger partial charge in [-0.05, 0) is 42.1 Å². The minimum Gasteiger partial charge on any atom is -0.478 e. The van der Waals surface area contributed by atoms with Crippen LogP contribution in [0.4, 0.5) is 4.39 Å². The minimum absolute atomic E-state index is 0.0334. The Balaban J connectivity index is 1.72. The molecule has 0 amide bonds. The van der Waals surface area contributed by atoms with Crippen LogP contribution in [0.1, 0.15) is 31.4 Å². The number of nitrogens with zero attached hydrogens (tertiary/aromatic N) is 2. The molecule has 0 atom stereocenters. The summed E-state index contributed by atoms with van der Waals surface area (Å²) in [7, 11) is 0. The molecule has 0 saturated carbocycles. The molecule has 0 aliphatic rings. The molecule has 4 rings (SSSR count). The fourth-order valence-corrected chi connectivity index (χ4v) is 4.39. The molecular weight excluding hydrogens is 415 g/mol. The van der Waals surface area contributed by atoms with Gasteiger partial charge in [-0.3, -0.25) is 9.20 Å². The lowest BCUT2D eigenvalue weighted by Crippen LogP contribution is -2.09. The molecule has 0 aliphatic carbocycles. The molecule has 1 aromatic carbocycles. The lowest BCUT2D eigenvalue weighted by molar-refractivity contribution is 0.0697. The van der Waals surface area contributed by atoms with E-state index in [9.17, 15) is 19.1 Å². The van der Waals surface area contributed by atoms with Crippen LogP contribution in [0, 0.1) is 12.9 Å². The number of carboxylic acid groups (broad SMARTS) is 1. The molecule has 0 fully saturated rings. The predicted molar refractivity (Wildman–Crippen MR) is 110 cm³/mol. The maximum absolute atomic E-state index is 14.8. The van der Waals surface area contributed by atoms with Crippen molar-refractivity contribution in [2.75, 3.05) is 0 Å². The van der Waals surface area contributed by atoms with Gasteiger partial charge in [-0.1, -0.05) is 29.8 Å². The van der Waals surface area contributed by atoms with Crippen LogP contribution in [-0.4, -0.2) is 26.2 Å². The van der Waals surface area contributed by atoms with Crippen molar-refractivity contribution in [3.63, 3.8) is 0 Å². The molecule has 4 aromatic rings. The third kappa shape index (κ3) is 3.43. The fourth-order valence-electron chi connectivity index (χ4n) is 3.22. The second-order valence-electron chi connectivity index (χ2n) is 6.47. The van der Waals surface area contributed by atoms with E-state index in [-0.39, 0.29) is 17.7 Å². The Labute approximate surface area is 174 Å². The van der Waals surface area contributed by atoms with E-state index in [1.807, 2.05) is 0 Å². The number of fused-ring (bicyclic) bond motifs is 1. The van der Waals surface area contributed by atoms with Crippen LogP contribution in [0.25, 0.3) is 16.8 Å². The molecule has 0 saturated heterocycles. The molecule has 1 N–H and O–H groups in total. The number of imidazole rings is 1. The van der Waals surface area contributed by atoms with Crippen LogP contribution in [0.15, 0.2) is 47.8 Å². The number of hydrogen-bond acceptors (Lipinski definition) is 4. The van der Waals surface area contributed by atoms with Gasteiger partial charge in [0.1, 0.15) is 5.65 Å². The normalized spacial score (nSPS) is 11.1. The molecule has 5 nitrogen and oxygen atoms in total. The monoisotopic (exact) mass is 428 g/mol. The quantitative estimate of drug-likeness (QED) is 0.438. The Hall–Kier alpha value is -3.03. The molecule has 0 aliphatic heterocycles. The van der Waals surface area contributed by atoms with Crippen molar-refractivity contribution in [2.24, 2.45) is 0 Å². The molecular formula is C21H14ClFN2O3S. The first-order valence-electron chi connectivity index (χ1n) is 8.63. The number of rotatable bonds is 5. The predicted octanol–water partition coefficient (Wildman–Crippen LogP) is 5.29. The Morgan fingerprint density at radius 1 is 1.21 bits per heavy atom. The Kier molecular flexibility index (Phi) is 4.94. The maximum Gasteiger partial charge on any atom is 0.337 e. The van der Waals surface area contributed by atoms with Crippen LogP contribution in [0.3, 0.4) is 0 Å². The average molecular weight is 429 g/mol. The first-order chi connectivity index (χ1) is 13.9. The highest BCUT2D eigenvalue weighted by atomic mass is 35.5. The number of Topliss-reactive ketones (excluding diaryl/α,β-unsaturated/α-hetero) is 1. The highest BCUT2D eigenvalue weighted by Crippen LogP contribution is 2.33. The molecule has 0 spiro atoms. The number of aromatic nitrogens is 2. The molecule has 3 aromatic heterocycles. The van der Waals surface area contributed by atoms with Crippen LogP contribution in [0.5, 0.6) is 0 Å². The third-order valence-corrected chi connectivity index (χ3v) is 5.84. The number of aryl methyl sites for hydroxylation is 1. The topological polar surface area (TPSA) is 71.7 Å². The minimum atomic E-state index is -1.15. The second kappa shape index (κ2) is 7.42. The van der Waals surface area contributed by atoms with Gasteiger partial charge in [0.05, 0.1) is 5.56 Å². The van der Waals surface area contributed by atoms with Crippen molar-refractivity contribution in [3.8, 4) is 11.1 Å². The highest BCUT2D eigenvalue weighted by Gasteiger charge is 2.25. The number of benzene rings is 1. The molecule has 3 heterocycles. The van der Waals surface area contributed by atoms with E-state index in [2.05, 4.69) is 4.98 Å². The lowest BCUT2D eigenvalue weighted by atomic mass is 10.0. The van der Waals surface area contributed by atoms with E-state index in [0.29, 0.717) is 32.4 Å². The SMILES string of the molecule is Cc1cccc2nc(C(=O)Cc3scc(-c4ccc(Cl)cc4)c3C(=O)O)c(F)n12. The summed E-state index contributed by atoms with van der Waals surface area (Å²) >= 11 is 7.05. The van der Waals surface area contributed by atoms with E-state index in [4.69, 9.17) is 11.6 Å². The van der Waals surface area contributed by atoms with Gasteiger partial charge in [-0.25, -0.2) is 9.78 Å². The zero-order chi connectivity index (χ0) is 20.7. The Morgan fingerprint density at radius 3 is 2.59 bits per heavy atom. The summed E-state index contributed by atoms with van der Waals surface area (Å²) in [6.07, 6.45) is -0.250. The van der Waals surface area contributed by atoms with Gasteiger partial charge in [-0.2, -0.15) is 4.39 Å². The third-order valence-electron chi connectivity index (χ3n) is 4.60. The number of carbonyl (C=O) groups excluding carboxylic acids is 1. The Morgan fingerprint density at radius 2 is 1.93 bits per heavy atom. The van der Waals surface area contributed by atoms with Gasteiger partial charge in [0.15, 0.2) is 11.5 Å². The number of carbonyl (C=O) groups is 2. The van der Waals surface area contributed by atoms with Gasteiger partial charge >= 0.3 is 5.97 Å². The fraction of sp³-hybridized carbons (Fsp3) is 0.0952. The summed E-state index contributed by atoms with van der Waals surface area (Å²) in [4.78, 5) is 29.1. The number of pyridine rings is 1. The van der Waals surface area contributed by atoms with Crippen LogP contribution >= 0.6 is 22.9 Å². The van der Waals surface area contributed by atoms with Crippen molar-refractivity contribution in [2.45, 2.75) is 13.3 Å². The largest absolute Gasteiger partial charge is 0.478 e. The van der Waals surface area contributed by atoms with Gasteiger partial charge in [-0.15, -0.1) is 11.3 Å². The van der Waals surface area contributed by atoms with Gasteiger partial charge in [0.2, 0.25) is 5.95 Å². The Bertz CT molecular complexity index is 1260. The molecule has 0 unspecified atom stereocenters. The van der Waals surface area contributed by atoms with Crippen molar-refractivity contribution in [3.05, 3.63) is 80.6 Å². The summed E-state index contributed by atoms with van der Waals surface area (Å²) in [5, 5.41) is 11.9. The van der Waals surface area contributed by atoms with E-state index < -0.39 is 17.7 Å². The highest BCUT2D eigenvalue weighted by molar-refractivity contribution is 7.11. The lowest BCUT2D eigenvalue weighted by Gasteiger charge is -2.04. The summed E-state index contributed by atoms with van der Waals surface area (Å²) in [6, 6.07) is 11.8. The summed E-state index contributed by atoms with van der Waals surface area (Å²) in [5.41, 5.74) is 1.85. The molecule has 29 heavy (non-hydrogen) atoms. The van der Waals surface area contributed by atoms with Gasteiger partial charge in [0, 0.05) is 27.6 Å². The second-order valence-corrected chi connectivity index (χ2v) is 7.87. The summed E-state index contributed by atoms with van der Waals surface area (Å²) in [6.45, 7) is 1.71. The van der Waals surface area contributed by atoms with E-state index in [1.165, 1.54) is 4.40 Å². The zero-order valence-corrected chi connectivity index (χ0v) is 16.7. The molecule has 8 heteroatoms. The number of thiophene rings is 1. The number of ketones is 1. The van der Waals surface area contributed by atoms with Crippen LogP contribution in [-0.2, 0) is 6.42 Å². The summed E-state index contributed by atoms with van der Waals surface area (Å²) in [5.74, 6) is -2.46. The van der Waals surface area contributed by atoms with Crippen molar-refractivity contribution < 1.29 is 19.1 Å². The van der Waals surface area contributed by atoms with Gasteiger partial charge in [0.25, 0.3) is 0 Å². The number of halogens is 2. The number of aromatic carboxylic acids is 1. The average Bonchev–Trinajstić information content (AvgIpc) is 3.24. The first kappa shape index (κ1) is 19.3. The maximum atomic E-state index is 14.8. The van der Waals surface area contributed by atoms with E-state index in [1.54, 1.807) is 54.8 Å². The molecule has 0 radical (unpaired) electrons. The van der Waals surface area contributed by atoms with Crippen molar-refractivity contribution in [1.82, 2.24) is 9.38 Å².